The van der Waals surface area contributed by atoms with Crippen LogP contribution in [-0.4, -0.2) is 25.5 Å². The summed E-state index contributed by atoms with van der Waals surface area (Å²) in [7, 11) is -1.44. The van der Waals surface area contributed by atoms with Crippen molar-refractivity contribution < 1.29 is 19.4 Å². The highest BCUT2D eigenvalue weighted by Crippen LogP contribution is 2.08. The molecular weight excluding hydrogens is 185 g/mol. The third kappa shape index (κ3) is 4.24. The number of nitrogens with two attached hydrogens (primary N) is 1. The molecule has 0 aromatic heterocycles. The lowest BCUT2D eigenvalue weighted by atomic mass is 10.2. The molecule has 0 unspecified atom stereocenters. The van der Waals surface area contributed by atoms with Crippen molar-refractivity contribution in [3.05, 3.63) is 30.3 Å². The molecule has 5 nitrogen and oxygen atoms in total. The Morgan fingerprint density at radius 2 is 2.00 bits per heavy atom. The topological polar surface area (TPSA) is 73.9 Å². The molecule has 1 aromatic rings. The van der Waals surface area contributed by atoms with Crippen molar-refractivity contribution in [3.8, 4) is 5.75 Å². The fraction of sp³-hybridized carbons (Fsp3) is 0.250. The normalized spacial score (nSPS) is 9.86. The molecule has 0 spiro atoms. The molecule has 76 valence electrons. The number of benzene rings is 1. The Morgan fingerprint density at radius 1 is 1.29 bits per heavy atom. The predicted octanol–water partition coefficient (Wildman–Crippen LogP) is -0.0505. The number of hydrogen-bond acceptors (Lipinski definition) is 5. The van der Waals surface area contributed by atoms with Crippen LogP contribution in [0.3, 0.4) is 0 Å². The molecule has 0 amide bonds. The van der Waals surface area contributed by atoms with Gasteiger partial charge >= 0.3 is 7.32 Å². The van der Waals surface area contributed by atoms with Crippen LogP contribution in [0.2, 0.25) is 0 Å². The molecule has 0 heterocycles. The van der Waals surface area contributed by atoms with Gasteiger partial charge < -0.3 is 15.4 Å². The van der Waals surface area contributed by atoms with Gasteiger partial charge in [-0.25, -0.2) is 9.69 Å². The molecule has 6 heteroatoms. The highest BCUT2D eigenvalue weighted by Gasteiger charge is 2.19. The van der Waals surface area contributed by atoms with Gasteiger partial charge in [0.25, 0.3) is 0 Å². The van der Waals surface area contributed by atoms with Gasteiger partial charge in [0.15, 0.2) is 0 Å². The van der Waals surface area contributed by atoms with E-state index in [1.807, 2.05) is 6.07 Å². The molecule has 0 saturated carbocycles. The van der Waals surface area contributed by atoms with Crippen LogP contribution in [-0.2, 0) is 9.69 Å². The fourth-order valence-electron chi connectivity index (χ4n) is 0.790. The molecule has 0 fully saturated rings. The molecule has 0 aliphatic heterocycles. The average molecular weight is 197 g/mol. The van der Waals surface area contributed by atoms with Crippen LogP contribution >= 0.6 is 0 Å². The van der Waals surface area contributed by atoms with Gasteiger partial charge in [-0.15, -0.1) is 0 Å². The molecular formula is C8H12BNO4. The van der Waals surface area contributed by atoms with E-state index in [-0.39, 0.29) is 6.61 Å². The zero-order chi connectivity index (χ0) is 10.2. The van der Waals surface area contributed by atoms with Gasteiger partial charge in [0.05, 0.1) is 6.61 Å². The largest absolute Gasteiger partial charge is 0.739 e. The van der Waals surface area contributed by atoms with E-state index in [1.54, 1.807) is 24.3 Å². The maximum absolute atomic E-state index is 9.12. The molecule has 0 atom stereocenters. The second-order valence-electron chi connectivity index (χ2n) is 2.44. The highest BCUT2D eigenvalue weighted by molar-refractivity contribution is 6.35. The molecule has 1 rings (SSSR count). The maximum atomic E-state index is 9.12. The van der Waals surface area contributed by atoms with Gasteiger partial charge in [0, 0.05) is 6.54 Å². The molecule has 0 aliphatic carbocycles. The summed E-state index contributed by atoms with van der Waals surface area (Å²) in [5, 5.41) is 9.12. The van der Waals surface area contributed by atoms with E-state index in [2.05, 4.69) is 9.69 Å². The Balaban J connectivity index is 2.23. The molecule has 0 radical (unpaired) electrons. The van der Waals surface area contributed by atoms with Crippen LogP contribution in [0.5, 0.6) is 5.75 Å². The van der Waals surface area contributed by atoms with Gasteiger partial charge in [-0.05, 0) is 12.1 Å². The number of para-hydroxylation sites is 1. The third-order valence-corrected chi connectivity index (χ3v) is 1.33. The maximum Gasteiger partial charge on any atom is 0.739 e. The lowest BCUT2D eigenvalue weighted by molar-refractivity contribution is -0.230. The second-order valence-corrected chi connectivity index (χ2v) is 2.44. The Kier molecular flexibility index (Phi) is 5.02. The lowest BCUT2D eigenvalue weighted by Gasteiger charge is -2.08. The average Bonchev–Trinajstić information content (AvgIpc) is 2.20. The lowest BCUT2D eigenvalue weighted by Crippen LogP contribution is -2.27. The highest BCUT2D eigenvalue weighted by atomic mass is 17.2. The van der Waals surface area contributed by atoms with Crippen LogP contribution in [0.15, 0.2) is 30.3 Å². The number of hydrogen-bond donors (Lipinski definition) is 2. The van der Waals surface area contributed by atoms with E-state index < -0.39 is 7.32 Å². The van der Waals surface area contributed by atoms with Gasteiger partial charge in [-0.2, -0.15) is 0 Å². The van der Waals surface area contributed by atoms with Crippen LogP contribution in [0.25, 0.3) is 0 Å². The van der Waals surface area contributed by atoms with Crippen molar-refractivity contribution in [2.45, 2.75) is 0 Å². The molecule has 0 saturated heterocycles. The molecule has 3 N–H and O–H groups in total. The van der Waals surface area contributed by atoms with Crippen molar-refractivity contribution in [3.63, 3.8) is 0 Å². The number of rotatable bonds is 6. The van der Waals surface area contributed by atoms with Crippen LogP contribution in [0, 0.1) is 0 Å². The van der Waals surface area contributed by atoms with E-state index >= 15 is 0 Å². The van der Waals surface area contributed by atoms with Crippen molar-refractivity contribution in [2.24, 2.45) is 5.73 Å². The van der Waals surface area contributed by atoms with Crippen LogP contribution < -0.4 is 10.4 Å². The van der Waals surface area contributed by atoms with E-state index in [4.69, 9.17) is 15.4 Å². The summed E-state index contributed by atoms with van der Waals surface area (Å²) in [6.45, 7) is 0.521. The van der Waals surface area contributed by atoms with Crippen molar-refractivity contribution in [1.82, 2.24) is 0 Å². The van der Waals surface area contributed by atoms with Crippen molar-refractivity contribution in [1.29, 1.82) is 0 Å². The van der Waals surface area contributed by atoms with E-state index in [1.165, 1.54) is 0 Å². The second kappa shape index (κ2) is 6.39. The fourth-order valence-corrected chi connectivity index (χ4v) is 0.790. The molecule has 14 heavy (non-hydrogen) atoms. The minimum atomic E-state index is -1.44. The summed E-state index contributed by atoms with van der Waals surface area (Å²) in [5.74, 6) is 0.497. The standard InChI is InChI=1S/C8H12BNO4/c10-6-7-12-14-9(11)13-8-4-2-1-3-5-8/h1-5,11H,6-7,10H2. The first-order valence-electron chi connectivity index (χ1n) is 4.21. The van der Waals surface area contributed by atoms with Gasteiger partial charge in [-0.1, -0.05) is 18.2 Å². The zero-order valence-corrected chi connectivity index (χ0v) is 7.63. The quantitative estimate of drug-likeness (QED) is 0.289. The Labute approximate surface area is 82.5 Å². The molecule has 0 bridgehead atoms. The van der Waals surface area contributed by atoms with E-state index in [9.17, 15) is 0 Å². The smallest absolute Gasteiger partial charge is 0.511 e. The minimum absolute atomic E-state index is 0.204. The Morgan fingerprint density at radius 3 is 2.64 bits per heavy atom. The summed E-state index contributed by atoms with van der Waals surface area (Å²) in [4.78, 5) is 8.96. The van der Waals surface area contributed by atoms with E-state index in [0.717, 1.165) is 0 Å². The predicted molar refractivity (Wildman–Crippen MR) is 51.1 cm³/mol. The Hall–Kier alpha value is -1.08. The summed E-state index contributed by atoms with van der Waals surface area (Å²) in [5.41, 5.74) is 5.14. The summed E-state index contributed by atoms with van der Waals surface area (Å²) in [6, 6.07) is 8.78. The van der Waals surface area contributed by atoms with Crippen molar-refractivity contribution >= 4 is 7.32 Å². The Bertz CT molecular complexity index is 246. The van der Waals surface area contributed by atoms with Gasteiger partial charge in [0.2, 0.25) is 0 Å². The molecule has 1 aromatic carbocycles. The zero-order valence-electron chi connectivity index (χ0n) is 7.63. The summed E-state index contributed by atoms with van der Waals surface area (Å²) in [6.07, 6.45) is 0. The first kappa shape index (κ1) is 11.0. The first-order chi connectivity index (χ1) is 6.83. The van der Waals surface area contributed by atoms with Crippen molar-refractivity contribution in [2.75, 3.05) is 13.2 Å². The summed E-state index contributed by atoms with van der Waals surface area (Å²) < 4.78 is 4.93. The van der Waals surface area contributed by atoms with Crippen LogP contribution in [0.1, 0.15) is 0 Å². The van der Waals surface area contributed by atoms with Gasteiger partial charge in [-0.3, -0.25) is 0 Å². The first-order valence-corrected chi connectivity index (χ1v) is 4.21. The minimum Gasteiger partial charge on any atom is -0.511 e. The summed E-state index contributed by atoms with van der Waals surface area (Å²) >= 11 is 0. The van der Waals surface area contributed by atoms with Gasteiger partial charge in [0.1, 0.15) is 5.75 Å². The molecule has 0 aliphatic rings. The van der Waals surface area contributed by atoms with Crippen LogP contribution in [0.4, 0.5) is 0 Å². The SMILES string of the molecule is NCCOOB(O)Oc1ccccc1. The van der Waals surface area contributed by atoms with E-state index in [0.29, 0.717) is 12.3 Å². The monoisotopic (exact) mass is 197 g/mol. The third-order valence-electron chi connectivity index (χ3n) is 1.33.